The van der Waals surface area contributed by atoms with Gasteiger partial charge in [0.1, 0.15) is 18.2 Å². The van der Waals surface area contributed by atoms with Crippen molar-refractivity contribution in [3.8, 4) is 17.1 Å². The third-order valence-corrected chi connectivity index (χ3v) is 5.98. The third-order valence-electron chi connectivity index (χ3n) is 5.49. The summed E-state index contributed by atoms with van der Waals surface area (Å²) in [7, 11) is 0. The molecule has 2 aliphatic rings. The topological polar surface area (TPSA) is 69.0 Å². The molecule has 5 rings (SSSR count). The zero-order valence-corrected chi connectivity index (χ0v) is 18.0. The predicted octanol–water partition coefficient (Wildman–Crippen LogP) is 4.85. The summed E-state index contributed by atoms with van der Waals surface area (Å²) in [4.78, 5) is 12.7. The van der Waals surface area contributed by atoms with Crippen LogP contribution in [0.1, 0.15) is 30.7 Å². The summed E-state index contributed by atoms with van der Waals surface area (Å²) >= 11 is 3.45. The summed E-state index contributed by atoms with van der Waals surface area (Å²) in [6, 6.07) is 13.5. The average Bonchev–Trinajstić information content (AvgIpc) is 3.01. The van der Waals surface area contributed by atoms with E-state index in [1.54, 1.807) is 0 Å². The molecule has 0 saturated heterocycles. The first-order valence-corrected chi connectivity index (χ1v) is 10.9. The van der Waals surface area contributed by atoms with E-state index in [-0.39, 0.29) is 12.5 Å². The Labute approximate surface area is 183 Å². The van der Waals surface area contributed by atoms with Gasteiger partial charge >= 0.3 is 0 Å². The largest absolute Gasteiger partial charge is 0.488 e. The lowest BCUT2D eigenvalue weighted by atomic mass is 10.1. The van der Waals surface area contributed by atoms with Crippen LogP contribution in [-0.2, 0) is 17.8 Å². The number of benzene rings is 2. The van der Waals surface area contributed by atoms with Crippen molar-refractivity contribution < 1.29 is 9.53 Å². The molecule has 0 radical (unpaired) electrons. The zero-order chi connectivity index (χ0) is 20.5. The second-order valence-electron chi connectivity index (χ2n) is 7.57. The van der Waals surface area contributed by atoms with E-state index in [0.29, 0.717) is 5.57 Å². The highest BCUT2D eigenvalue weighted by Gasteiger charge is 2.19. The summed E-state index contributed by atoms with van der Waals surface area (Å²) in [6.45, 7) is 1.21. The Hall–Kier alpha value is -2.93. The van der Waals surface area contributed by atoms with Crippen molar-refractivity contribution >= 4 is 33.6 Å². The lowest BCUT2D eigenvalue weighted by Crippen LogP contribution is -2.21. The van der Waals surface area contributed by atoms with Gasteiger partial charge in [0.15, 0.2) is 5.82 Å². The van der Waals surface area contributed by atoms with Gasteiger partial charge in [-0.3, -0.25) is 4.79 Å². The lowest BCUT2D eigenvalue weighted by Gasteiger charge is -2.18. The van der Waals surface area contributed by atoms with Crippen LogP contribution in [0.4, 0.5) is 5.69 Å². The van der Waals surface area contributed by atoms with Gasteiger partial charge in [0, 0.05) is 34.3 Å². The molecule has 0 saturated carbocycles. The van der Waals surface area contributed by atoms with E-state index in [0.717, 1.165) is 58.1 Å². The van der Waals surface area contributed by atoms with Gasteiger partial charge in [0.2, 0.25) is 0 Å². The summed E-state index contributed by atoms with van der Waals surface area (Å²) in [5, 5.41) is 11.7. The summed E-state index contributed by atoms with van der Waals surface area (Å²) in [6.07, 6.45) is 6.42. The molecule has 152 valence electrons. The Morgan fingerprint density at radius 3 is 2.80 bits per heavy atom. The first kappa shape index (κ1) is 19.1. The number of aromatic nitrogens is 3. The zero-order valence-electron chi connectivity index (χ0n) is 16.4. The van der Waals surface area contributed by atoms with E-state index in [4.69, 9.17) is 4.74 Å². The van der Waals surface area contributed by atoms with Crippen LogP contribution in [0, 0.1) is 0 Å². The maximum absolute atomic E-state index is 12.7. The van der Waals surface area contributed by atoms with E-state index >= 15 is 0 Å². The SMILES string of the molecule is O=C(Nc1ccc(-c2nnc3n2CCCCC3)cc1)C1=Cc2cc(Br)ccc2OC1. The standard InChI is InChI=1S/C23H21BrN4O2/c24-18-7-10-20-16(13-18)12-17(14-30-20)23(29)25-19-8-5-15(6-9-19)22-27-26-21-4-2-1-3-11-28(21)22/h5-10,12-13H,1-4,11,14H2,(H,25,29). The van der Waals surface area contributed by atoms with Gasteiger partial charge < -0.3 is 14.6 Å². The molecule has 6 nitrogen and oxygen atoms in total. The highest BCUT2D eigenvalue weighted by Crippen LogP contribution is 2.30. The Bertz CT molecular complexity index is 1130. The van der Waals surface area contributed by atoms with E-state index in [1.165, 1.54) is 12.8 Å². The minimum absolute atomic E-state index is 0.162. The van der Waals surface area contributed by atoms with Crippen molar-refractivity contribution in [3.05, 3.63) is 63.9 Å². The highest BCUT2D eigenvalue weighted by atomic mass is 79.9. The van der Waals surface area contributed by atoms with Gasteiger partial charge in [-0.25, -0.2) is 0 Å². The number of rotatable bonds is 3. The molecule has 1 amide bonds. The van der Waals surface area contributed by atoms with Crippen molar-refractivity contribution in [1.29, 1.82) is 0 Å². The molecule has 0 spiro atoms. The van der Waals surface area contributed by atoms with Crippen LogP contribution in [0.2, 0.25) is 0 Å². The Morgan fingerprint density at radius 2 is 1.93 bits per heavy atom. The van der Waals surface area contributed by atoms with Crippen molar-refractivity contribution in [2.45, 2.75) is 32.2 Å². The van der Waals surface area contributed by atoms with E-state index in [2.05, 4.69) is 36.0 Å². The molecule has 0 bridgehead atoms. The van der Waals surface area contributed by atoms with E-state index < -0.39 is 0 Å². The molecule has 0 unspecified atom stereocenters. The van der Waals surface area contributed by atoms with Crippen LogP contribution < -0.4 is 10.1 Å². The Kier molecular flexibility index (Phi) is 5.12. The van der Waals surface area contributed by atoms with Crippen LogP contribution in [0.5, 0.6) is 5.75 Å². The molecule has 2 aromatic carbocycles. The second-order valence-corrected chi connectivity index (χ2v) is 8.49. The Balaban J connectivity index is 1.32. The van der Waals surface area contributed by atoms with Crippen LogP contribution in [0.15, 0.2) is 52.5 Å². The first-order valence-electron chi connectivity index (χ1n) is 10.1. The number of nitrogens with zero attached hydrogens (tertiary/aromatic N) is 3. The first-order chi connectivity index (χ1) is 14.7. The molecule has 3 heterocycles. The maximum atomic E-state index is 12.7. The molecular weight excluding hydrogens is 444 g/mol. The number of fused-ring (bicyclic) bond motifs is 2. The van der Waals surface area contributed by atoms with Gasteiger partial charge in [0.05, 0.1) is 5.57 Å². The predicted molar refractivity (Wildman–Crippen MR) is 119 cm³/mol. The lowest BCUT2D eigenvalue weighted by molar-refractivity contribution is -0.113. The normalized spacial score (nSPS) is 15.3. The van der Waals surface area contributed by atoms with E-state index in [9.17, 15) is 4.79 Å². The van der Waals surface area contributed by atoms with Crippen molar-refractivity contribution in [2.24, 2.45) is 0 Å². The number of ether oxygens (including phenoxy) is 1. The number of hydrogen-bond donors (Lipinski definition) is 1. The van der Waals surface area contributed by atoms with Crippen LogP contribution in [0.3, 0.4) is 0 Å². The number of hydrogen-bond acceptors (Lipinski definition) is 4. The fourth-order valence-corrected chi connectivity index (χ4v) is 4.27. The number of nitrogens with one attached hydrogen (secondary N) is 1. The summed E-state index contributed by atoms with van der Waals surface area (Å²) in [5.74, 6) is 2.59. The molecule has 1 aromatic heterocycles. The maximum Gasteiger partial charge on any atom is 0.255 e. The van der Waals surface area contributed by atoms with Gasteiger partial charge in [-0.1, -0.05) is 22.4 Å². The van der Waals surface area contributed by atoms with Gasteiger partial charge in [-0.2, -0.15) is 0 Å². The molecular formula is C23H21BrN4O2. The average molecular weight is 465 g/mol. The van der Waals surface area contributed by atoms with Gasteiger partial charge in [0.25, 0.3) is 5.91 Å². The monoisotopic (exact) mass is 464 g/mol. The van der Waals surface area contributed by atoms with Crippen molar-refractivity contribution in [2.75, 3.05) is 11.9 Å². The molecule has 2 aliphatic heterocycles. The van der Waals surface area contributed by atoms with Crippen LogP contribution >= 0.6 is 15.9 Å². The fourth-order valence-electron chi connectivity index (χ4n) is 3.89. The number of anilines is 1. The summed E-state index contributed by atoms with van der Waals surface area (Å²) < 4.78 is 8.88. The van der Waals surface area contributed by atoms with E-state index in [1.807, 2.05) is 48.5 Å². The van der Waals surface area contributed by atoms with Crippen molar-refractivity contribution in [1.82, 2.24) is 14.8 Å². The molecule has 7 heteroatoms. The van der Waals surface area contributed by atoms with Gasteiger partial charge in [-0.05, 0) is 61.4 Å². The quantitative estimate of drug-likeness (QED) is 0.601. The minimum Gasteiger partial charge on any atom is -0.488 e. The molecule has 3 aromatic rings. The highest BCUT2D eigenvalue weighted by molar-refractivity contribution is 9.10. The molecule has 0 atom stereocenters. The summed E-state index contributed by atoms with van der Waals surface area (Å²) in [5.41, 5.74) is 3.23. The molecule has 1 N–H and O–H groups in total. The number of carbonyl (C=O) groups excluding carboxylic acids is 1. The number of amides is 1. The number of halogens is 1. The minimum atomic E-state index is -0.162. The number of carbonyl (C=O) groups is 1. The van der Waals surface area contributed by atoms with Crippen LogP contribution in [0.25, 0.3) is 17.5 Å². The molecule has 0 fully saturated rings. The number of aryl methyl sites for hydroxylation is 1. The van der Waals surface area contributed by atoms with Crippen LogP contribution in [-0.4, -0.2) is 27.3 Å². The third kappa shape index (κ3) is 3.77. The molecule has 30 heavy (non-hydrogen) atoms. The molecule has 0 aliphatic carbocycles. The second kappa shape index (κ2) is 8.07. The Morgan fingerprint density at radius 1 is 1.07 bits per heavy atom. The smallest absolute Gasteiger partial charge is 0.255 e. The van der Waals surface area contributed by atoms with Gasteiger partial charge in [-0.15, -0.1) is 10.2 Å². The van der Waals surface area contributed by atoms with Crippen molar-refractivity contribution in [3.63, 3.8) is 0 Å². The fraction of sp³-hybridized carbons (Fsp3) is 0.261.